The molecule has 0 unspecified atom stereocenters. The Kier molecular flexibility index (Phi) is 3.66. The number of hydrogen-bond donors (Lipinski definition) is 2. The van der Waals surface area contributed by atoms with Crippen LogP contribution < -0.4 is 10.0 Å². The van der Waals surface area contributed by atoms with E-state index in [4.69, 9.17) is 0 Å². The summed E-state index contributed by atoms with van der Waals surface area (Å²) in [5.41, 5.74) is 3.66. The zero-order chi connectivity index (χ0) is 14.7. The first-order chi connectivity index (χ1) is 10.1. The Hall–Kier alpha value is -2.27. The Morgan fingerprint density at radius 3 is 2.71 bits per heavy atom. The fraction of sp³-hybridized carbons (Fsp3) is 0.125. The van der Waals surface area contributed by atoms with Crippen molar-refractivity contribution in [2.75, 3.05) is 16.6 Å². The van der Waals surface area contributed by atoms with Crippen LogP contribution in [0.1, 0.15) is 11.1 Å². The topological polar surface area (TPSA) is 58.2 Å². The van der Waals surface area contributed by atoms with Crippen molar-refractivity contribution in [1.82, 2.24) is 0 Å². The third-order valence-corrected chi connectivity index (χ3v) is 4.33. The highest BCUT2D eigenvalue weighted by Gasteiger charge is 2.12. The highest BCUT2D eigenvalue weighted by atomic mass is 32.2. The lowest BCUT2D eigenvalue weighted by Crippen LogP contribution is -2.08. The van der Waals surface area contributed by atoms with Gasteiger partial charge in [0, 0.05) is 17.9 Å². The Balaban J connectivity index is 1.76. The molecule has 0 spiro atoms. The van der Waals surface area contributed by atoms with E-state index in [-0.39, 0.29) is 0 Å². The zero-order valence-electron chi connectivity index (χ0n) is 11.4. The molecule has 1 aliphatic heterocycles. The second-order valence-corrected chi connectivity index (χ2v) is 6.48. The lowest BCUT2D eigenvalue weighted by Gasteiger charge is -2.06. The monoisotopic (exact) mass is 300 g/mol. The minimum Gasteiger partial charge on any atom is -0.384 e. The average Bonchev–Trinajstić information content (AvgIpc) is 2.93. The van der Waals surface area contributed by atoms with Gasteiger partial charge in [-0.05, 0) is 41.8 Å². The molecule has 1 aliphatic rings. The number of nitrogens with one attached hydrogen (secondary N) is 2. The number of benzene rings is 2. The van der Waals surface area contributed by atoms with E-state index in [1.165, 1.54) is 5.41 Å². The number of fused-ring (bicyclic) bond motifs is 1. The summed E-state index contributed by atoms with van der Waals surface area (Å²) >= 11 is 0. The van der Waals surface area contributed by atoms with Gasteiger partial charge in [-0.1, -0.05) is 30.3 Å². The molecule has 21 heavy (non-hydrogen) atoms. The van der Waals surface area contributed by atoms with Crippen molar-refractivity contribution in [2.45, 2.75) is 6.42 Å². The Bertz CT molecular complexity index is 768. The molecule has 1 heterocycles. The van der Waals surface area contributed by atoms with Crippen LogP contribution in [0.5, 0.6) is 0 Å². The second kappa shape index (κ2) is 5.61. The van der Waals surface area contributed by atoms with Gasteiger partial charge in [0.1, 0.15) is 0 Å². The maximum absolute atomic E-state index is 12.1. The highest BCUT2D eigenvalue weighted by molar-refractivity contribution is 7.95. The summed E-state index contributed by atoms with van der Waals surface area (Å²) < 4.78 is 26.7. The van der Waals surface area contributed by atoms with Crippen molar-refractivity contribution in [2.24, 2.45) is 0 Å². The molecule has 0 fully saturated rings. The molecule has 0 bridgehead atoms. The van der Waals surface area contributed by atoms with Crippen LogP contribution in [0.4, 0.5) is 11.4 Å². The van der Waals surface area contributed by atoms with Crippen LogP contribution >= 0.6 is 0 Å². The standard InChI is InChI=1S/C16H16N2O2S/c19-21(20,11-9-13-4-2-1-3-5-13)18-15-6-7-16-14(12-15)8-10-17-16/h1-7,9,11-12,17-18H,8,10H2/b11-9+. The third-order valence-electron chi connectivity index (χ3n) is 3.31. The van der Waals surface area contributed by atoms with Crippen LogP contribution in [0.2, 0.25) is 0 Å². The molecular weight excluding hydrogens is 284 g/mol. The van der Waals surface area contributed by atoms with E-state index >= 15 is 0 Å². The van der Waals surface area contributed by atoms with Gasteiger partial charge in [-0.15, -0.1) is 0 Å². The SMILES string of the molecule is O=S(=O)(/C=C/c1ccccc1)Nc1ccc2c(c1)CCN2. The van der Waals surface area contributed by atoms with Gasteiger partial charge in [-0.3, -0.25) is 4.72 Å². The number of anilines is 2. The summed E-state index contributed by atoms with van der Waals surface area (Å²) in [6.07, 6.45) is 2.50. The maximum atomic E-state index is 12.1. The molecule has 5 heteroatoms. The Labute approximate surface area is 124 Å². The quantitative estimate of drug-likeness (QED) is 0.912. The first kappa shape index (κ1) is 13.7. The Morgan fingerprint density at radius 1 is 1.10 bits per heavy atom. The van der Waals surface area contributed by atoms with Crippen molar-refractivity contribution in [3.63, 3.8) is 0 Å². The fourth-order valence-electron chi connectivity index (χ4n) is 2.30. The van der Waals surface area contributed by atoms with E-state index in [2.05, 4.69) is 10.0 Å². The lowest BCUT2D eigenvalue weighted by molar-refractivity contribution is 0.609. The van der Waals surface area contributed by atoms with E-state index in [9.17, 15) is 8.42 Å². The van der Waals surface area contributed by atoms with Gasteiger partial charge in [0.25, 0.3) is 10.0 Å². The number of rotatable bonds is 4. The number of hydrogen-bond acceptors (Lipinski definition) is 3. The van der Waals surface area contributed by atoms with Crippen LogP contribution in [-0.2, 0) is 16.4 Å². The number of sulfonamides is 1. The normalized spacial score (nSPS) is 13.9. The largest absolute Gasteiger partial charge is 0.384 e. The van der Waals surface area contributed by atoms with Gasteiger partial charge in [-0.2, -0.15) is 0 Å². The molecule has 2 aromatic carbocycles. The van der Waals surface area contributed by atoms with Crippen LogP contribution in [0.25, 0.3) is 6.08 Å². The van der Waals surface area contributed by atoms with E-state index in [1.54, 1.807) is 12.1 Å². The molecule has 3 rings (SSSR count). The predicted octanol–water partition coefficient (Wildman–Crippen LogP) is 3.07. The van der Waals surface area contributed by atoms with Crippen LogP contribution in [-0.4, -0.2) is 15.0 Å². The molecule has 0 radical (unpaired) electrons. The summed E-state index contributed by atoms with van der Waals surface area (Å²) in [5.74, 6) is 0. The summed E-state index contributed by atoms with van der Waals surface area (Å²) in [6, 6.07) is 14.9. The van der Waals surface area contributed by atoms with Gasteiger partial charge >= 0.3 is 0 Å². The summed E-state index contributed by atoms with van der Waals surface area (Å²) in [6.45, 7) is 0.902. The van der Waals surface area contributed by atoms with Gasteiger partial charge in [0.15, 0.2) is 0 Å². The molecule has 0 saturated carbocycles. The molecular formula is C16H16N2O2S. The van der Waals surface area contributed by atoms with Crippen LogP contribution in [0.15, 0.2) is 53.9 Å². The molecule has 0 amide bonds. The zero-order valence-corrected chi connectivity index (χ0v) is 12.2. The van der Waals surface area contributed by atoms with Crippen LogP contribution in [0.3, 0.4) is 0 Å². The van der Waals surface area contributed by atoms with E-state index < -0.39 is 10.0 Å². The van der Waals surface area contributed by atoms with E-state index in [1.807, 2.05) is 42.5 Å². The van der Waals surface area contributed by atoms with Gasteiger partial charge in [-0.25, -0.2) is 8.42 Å². The third kappa shape index (κ3) is 3.44. The summed E-state index contributed by atoms with van der Waals surface area (Å²) in [7, 11) is -3.50. The molecule has 0 aliphatic carbocycles. The fourth-order valence-corrected chi connectivity index (χ4v) is 3.16. The van der Waals surface area contributed by atoms with Crippen LogP contribution in [0, 0.1) is 0 Å². The molecule has 2 aromatic rings. The maximum Gasteiger partial charge on any atom is 0.255 e. The Morgan fingerprint density at radius 2 is 1.90 bits per heavy atom. The van der Waals surface area contributed by atoms with Crippen molar-refractivity contribution in [3.05, 3.63) is 65.1 Å². The first-order valence-corrected chi connectivity index (χ1v) is 8.30. The summed E-state index contributed by atoms with van der Waals surface area (Å²) in [5, 5.41) is 4.43. The highest BCUT2D eigenvalue weighted by Crippen LogP contribution is 2.25. The van der Waals surface area contributed by atoms with Gasteiger partial charge in [0.2, 0.25) is 0 Å². The van der Waals surface area contributed by atoms with E-state index in [0.717, 1.165) is 29.8 Å². The van der Waals surface area contributed by atoms with Crippen molar-refractivity contribution in [1.29, 1.82) is 0 Å². The summed E-state index contributed by atoms with van der Waals surface area (Å²) in [4.78, 5) is 0. The molecule has 0 aromatic heterocycles. The second-order valence-electron chi connectivity index (χ2n) is 4.91. The lowest BCUT2D eigenvalue weighted by atomic mass is 10.1. The smallest absolute Gasteiger partial charge is 0.255 e. The first-order valence-electron chi connectivity index (χ1n) is 6.75. The van der Waals surface area contributed by atoms with Gasteiger partial charge in [0.05, 0.1) is 5.41 Å². The van der Waals surface area contributed by atoms with E-state index in [0.29, 0.717) is 5.69 Å². The minimum atomic E-state index is -3.50. The molecule has 0 saturated heterocycles. The molecule has 4 nitrogen and oxygen atoms in total. The molecule has 108 valence electrons. The average molecular weight is 300 g/mol. The van der Waals surface area contributed by atoms with Crippen molar-refractivity contribution < 1.29 is 8.42 Å². The van der Waals surface area contributed by atoms with Crippen molar-refractivity contribution >= 4 is 27.5 Å². The van der Waals surface area contributed by atoms with Gasteiger partial charge < -0.3 is 5.32 Å². The molecule has 2 N–H and O–H groups in total. The predicted molar refractivity (Wildman–Crippen MR) is 86.7 cm³/mol. The molecule has 0 atom stereocenters. The van der Waals surface area contributed by atoms with Crippen molar-refractivity contribution in [3.8, 4) is 0 Å². The minimum absolute atomic E-state index is 0.593.